The first-order valence-corrected chi connectivity index (χ1v) is 13.0. The molecule has 0 saturated carbocycles. The highest BCUT2D eigenvalue weighted by molar-refractivity contribution is 8.30. The van der Waals surface area contributed by atoms with Gasteiger partial charge in [0, 0.05) is 9.75 Å². The second-order valence-electron chi connectivity index (χ2n) is 5.86. The predicted octanol–water partition coefficient (Wildman–Crippen LogP) is 4.42. The highest BCUT2D eigenvalue weighted by Crippen LogP contribution is 2.52. The minimum absolute atomic E-state index is 0.190. The molecule has 33 heavy (non-hydrogen) atoms. The molecule has 0 fully saturated rings. The van der Waals surface area contributed by atoms with Gasteiger partial charge >= 0.3 is 23.9 Å². The number of esters is 4. The lowest BCUT2D eigenvalue weighted by Gasteiger charge is -2.00. The van der Waals surface area contributed by atoms with Crippen LogP contribution in [-0.2, 0) is 38.1 Å². The van der Waals surface area contributed by atoms with Crippen molar-refractivity contribution in [1.82, 2.24) is 0 Å². The number of hydrogen-bond donors (Lipinski definition) is 0. The molecule has 0 aromatic carbocycles. The van der Waals surface area contributed by atoms with Crippen LogP contribution in [0.15, 0.2) is 40.2 Å². The fraction of sp³-hybridized carbons (Fsp3) is 0.200. The zero-order valence-corrected chi connectivity index (χ0v) is 21.7. The minimum atomic E-state index is -0.599. The molecule has 1 aromatic rings. The maximum absolute atomic E-state index is 12.0. The molecule has 0 saturated heterocycles. The molecule has 174 valence electrons. The van der Waals surface area contributed by atoms with E-state index in [1.165, 1.54) is 39.8 Å². The van der Waals surface area contributed by atoms with Crippen LogP contribution in [0, 0.1) is 0 Å². The van der Waals surface area contributed by atoms with E-state index in [-0.39, 0.29) is 19.6 Å². The monoisotopic (exact) mass is 544 g/mol. The first-order valence-electron chi connectivity index (χ1n) is 8.87. The lowest BCUT2D eigenvalue weighted by molar-refractivity contribution is -0.138. The van der Waals surface area contributed by atoms with Crippen LogP contribution in [0.5, 0.6) is 0 Å². The number of hydrogen-bond acceptors (Lipinski definition) is 13. The van der Waals surface area contributed by atoms with Gasteiger partial charge in [0.25, 0.3) is 0 Å². The summed E-state index contributed by atoms with van der Waals surface area (Å²) in [4.78, 5) is 50.5. The zero-order chi connectivity index (χ0) is 24.1. The summed E-state index contributed by atoms with van der Waals surface area (Å²) in [6, 6.07) is 3.78. The summed E-state index contributed by atoms with van der Waals surface area (Å²) in [6.45, 7) is 0. The molecule has 0 spiro atoms. The Morgan fingerprint density at radius 1 is 0.576 bits per heavy atom. The summed E-state index contributed by atoms with van der Waals surface area (Å²) >= 11 is 6.04. The topological polar surface area (TPSA) is 105 Å². The third-order valence-electron chi connectivity index (χ3n) is 3.87. The van der Waals surface area contributed by atoms with Gasteiger partial charge in [-0.05, 0) is 24.3 Å². The molecule has 0 unspecified atom stereocenters. The van der Waals surface area contributed by atoms with Gasteiger partial charge in [-0.3, -0.25) is 0 Å². The van der Waals surface area contributed by atoms with E-state index in [0.717, 1.165) is 65.3 Å². The van der Waals surface area contributed by atoms with Crippen LogP contribution < -0.4 is 0 Å². The zero-order valence-electron chi connectivity index (χ0n) is 17.6. The molecule has 3 rings (SSSR count). The summed E-state index contributed by atoms with van der Waals surface area (Å²) in [5.41, 5.74) is 0. The van der Waals surface area contributed by atoms with E-state index in [9.17, 15) is 19.2 Å². The van der Waals surface area contributed by atoms with Crippen LogP contribution in [0.3, 0.4) is 0 Å². The smallest absolute Gasteiger partial charge is 0.346 e. The third-order valence-corrected chi connectivity index (χ3v) is 9.69. The average Bonchev–Trinajstić information content (AvgIpc) is 3.56. The van der Waals surface area contributed by atoms with Crippen LogP contribution in [0.4, 0.5) is 0 Å². The summed E-state index contributed by atoms with van der Waals surface area (Å²) in [5, 5.41) is 0. The maximum Gasteiger partial charge on any atom is 0.346 e. The van der Waals surface area contributed by atoms with Gasteiger partial charge in [-0.15, -0.1) is 11.3 Å². The molecule has 0 amide bonds. The molecule has 2 aliphatic rings. The van der Waals surface area contributed by atoms with Crippen molar-refractivity contribution in [2.24, 2.45) is 0 Å². The normalized spacial score (nSPS) is 15.5. The molecule has 0 radical (unpaired) electrons. The Labute approximate surface area is 210 Å². The molecule has 0 N–H and O–H groups in total. The van der Waals surface area contributed by atoms with Crippen molar-refractivity contribution < 1.29 is 38.1 Å². The molecule has 0 bridgehead atoms. The molecule has 2 aliphatic heterocycles. The second kappa shape index (κ2) is 11.4. The van der Waals surface area contributed by atoms with Crippen molar-refractivity contribution in [2.45, 2.75) is 0 Å². The number of methoxy groups -OCH3 is 4. The standard InChI is InChI=1S/C20H16O8S5/c1-25-17(21)13-14(18(22)26-2)31-11(30-13)7-9-5-6-10(29-9)8-12-32-15(19(23)27-3)16(33-12)20(24)28-4/h5-8H,1-4H3. The predicted molar refractivity (Wildman–Crippen MR) is 133 cm³/mol. The van der Waals surface area contributed by atoms with Crippen molar-refractivity contribution in [3.05, 3.63) is 50.0 Å². The Balaban J connectivity index is 1.77. The van der Waals surface area contributed by atoms with Crippen LogP contribution in [-0.4, -0.2) is 52.3 Å². The van der Waals surface area contributed by atoms with E-state index in [4.69, 9.17) is 18.9 Å². The number of thioether (sulfide) groups is 4. The molecule has 0 aliphatic carbocycles. The van der Waals surface area contributed by atoms with E-state index < -0.39 is 23.9 Å². The summed E-state index contributed by atoms with van der Waals surface area (Å²) in [6.07, 6.45) is 3.71. The lowest BCUT2D eigenvalue weighted by Crippen LogP contribution is -2.08. The van der Waals surface area contributed by atoms with Gasteiger partial charge in [-0.2, -0.15) is 0 Å². The highest BCUT2D eigenvalue weighted by Gasteiger charge is 2.33. The van der Waals surface area contributed by atoms with Crippen molar-refractivity contribution in [1.29, 1.82) is 0 Å². The van der Waals surface area contributed by atoms with E-state index in [0.29, 0.717) is 0 Å². The fourth-order valence-electron chi connectivity index (χ4n) is 2.41. The Morgan fingerprint density at radius 2 is 0.848 bits per heavy atom. The summed E-state index contributed by atoms with van der Waals surface area (Å²) < 4.78 is 20.5. The Hall–Kier alpha value is -2.06. The van der Waals surface area contributed by atoms with Crippen LogP contribution >= 0.6 is 58.4 Å². The fourth-order valence-corrected chi connectivity index (χ4v) is 8.36. The number of ether oxygens (including phenoxy) is 4. The lowest BCUT2D eigenvalue weighted by atomic mass is 10.4. The largest absolute Gasteiger partial charge is 0.465 e. The molecule has 3 heterocycles. The van der Waals surface area contributed by atoms with Crippen LogP contribution in [0.25, 0.3) is 12.2 Å². The van der Waals surface area contributed by atoms with E-state index in [2.05, 4.69) is 0 Å². The number of carbonyl (C=O) groups excluding carboxylic acids is 4. The van der Waals surface area contributed by atoms with Crippen molar-refractivity contribution in [3.63, 3.8) is 0 Å². The van der Waals surface area contributed by atoms with Gasteiger partial charge in [0.1, 0.15) is 19.6 Å². The van der Waals surface area contributed by atoms with Gasteiger partial charge in [-0.25, -0.2) is 19.2 Å². The molecular formula is C20H16O8S5. The maximum atomic E-state index is 12.0. The first kappa shape index (κ1) is 25.6. The van der Waals surface area contributed by atoms with Gasteiger partial charge in [0.2, 0.25) is 0 Å². The molecule has 0 atom stereocenters. The van der Waals surface area contributed by atoms with E-state index >= 15 is 0 Å². The van der Waals surface area contributed by atoms with Crippen molar-refractivity contribution in [2.75, 3.05) is 28.4 Å². The van der Waals surface area contributed by atoms with Gasteiger partial charge in [-0.1, -0.05) is 47.0 Å². The Morgan fingerprint density at radius 3 is 1.09 bits per heavy atom. The van der Waals surface area contributed by atoms with E-state index in [1.807, 2.05) is 24.3 Å². The van der Waals surface area contributed by atoms with Crippen molar-refractivity contribution in [3.8, 4) is 0 Å². The number of carbonyl (C=O) groups is 4. The Bertz CT molecular complexity index is 995. The third kappa shape index (κ3) is 5.90. The molecular weight excluding hydrogens is 529 g/mol. The number of thiophene rings is 1. The molecule has 8 nitrogen and oxygen atoms in total. The average molecular weight is 545 g/mol. The van der Waals surface area contributed by atoms with Gasteiger partial charge in [0.05, 0.1) is 36.9 Å². The molecule has 1 aromatic heterocycles. The number of rotatable bonds is 6. The summed E-state index contributed by atoms with van der Waals surface area (Å²) in [5.74, 6) is -2.39. The molecule has 13 heteroatoms. The second-order valence-corrected chi connectivity index (χ2v) is 11.7. The van der Waals surface area contributed by atoms with Gasteiger partial charge < -0.3 is 18.9 Å². The minimum Gasteiger partial charge on any atom is -0.465 e. The van der Waals surface area contributed by atoms with Crippen molar-refractivity contribution >= 4 is 94.4 Å². The quantitative estimate of drug-likeness (QED) is 0.374. The van der Waals surface area contributed by atoms with Gasteiger partial charge in [0.15, 0.2) is 0 Å². The SMILES string of the molecule is COC(=O)C1=C(C(=O)OC)SC(=Cc2ccc(C=C3SC(C(=O)OC)=C(C(=O)OC)S3)s2)S1. The van der Waals surface area contributed by atoms with Crippen LogP contribution in [0.2, 0.25) is 0 Å². The summed E-state index contributed by atoms with van der Waals surface area (Å²) in [7, 11) is 5.01. The first-order chi connectivity index (χ1) is 15.8. The van der Waals surface area contributed by atoms with Crippen LogP contribution in [0.1, 0.15) is 9.75 Å². The Kier molecular flexibility index (Phi) is 8.82. The highest BCUT2D eigenvalue weighted by atomic mass is 32.2. The van der Waals surface area contributed by atoms with E-state index in [1.54, 1.807) is 0 Å².